The summed E-state index contributed by atoms with van der Waals surface area (Å²) < 4.78 is 19.7. The molecule has 0 radical (unpaired) electrons. The van der Waals surface area contributed by atoms with Crippen LogP contribution in [-0.2, 0) is 9.53 Å². The molecular weight excluding hydrogens is 327 g/mol. The van der Waals surface area contributed by atoms with Gasteiger partial charge in [0.1, 0.15) is 6.17 Å². The third kappa shape index (κ3) is 4.47. The van der Waals surface area contributed by atoms with Crippen LogP contribution in [0.4, 0.5) is 4.39 Å². The Hall–Kier alpha value is -0.840. The molecule has 6 N–H and O–H groups in total. The van der Waals surface area contributed by atoms with Gasteiger partial charge in [-0.2, -0.15) is 0 Å². The maximum Gasteiger partial charge on any atom is 0.229 e. The lowest BCUT2D eigenvalue weighted by atomic mass is 9.98. The number of carbonyl (C=O) groups is 1. The summed E-state index contributed by atoms with van der Waals surface area (Å²) >= 11 is 0. The second-order valence-electron chi connectivity index (χ2n) is 8.16. The topological polar surface area (TPSA) is 104 Å². The van der Waals surface area contributed by atoms with Crippen molar-refractivity contribution in [3.05, 3.63) is 0 Å². The number of rotatable bonds is 3. The summed E-state index contributed by atoms with van der Waals surface area (Å²) in [6.45, 7) is 8.05. The molecule has 0 aromatic heterocycles. The minimum Gasteiger partial charge on any atom is -0.370 e. The molecule has 3 aliphatic heterocycles. The van der Waals surface area contributed by atoms with E-state index in [-0.39, 0.29) is 42.9 Å². The first kappa shape index (κ1) is 18.9. The predicted molar refractivity (Wildman–Crippen MR) is 92.0 cm³/mol. The molecule has 9 heteroatoms. The highest BCUT2D eigenvalue weighted by molar-refractivity contribution is 5.80. The lowest BCUT2D eigenvalue weighted by molar-refractivity contribution is -0.132. The average Bonchev–Trinajstić information content (AvgIpc) is 2.82. The molecular formula is C16H31FN6O2. The van der Waals surface area contributed by atoms with Gasteiger partial charge in [0.05, 0.1) is 36.0 Å². The number of piperidine rings is 1. The van der Waals surface area contributed by atoms with Crippen LogP contribution in [0.15, 0.2) is 0 Å². The largest absolute Gasteiger partial charge is 0.370 e. The van der Waals surface area contributed by atoms with Crippen molar-refractivity contribution in [1.82, 2.24) is 26.4 Å². The van der Waals surface area contributed by atoms with Crippen LogP contribution < -0.4 is 27.1 Å². The summed E-state index contributed by atoms with van der Waals surface area (Å²) in [7, 11) is 0. The lowest BCUT2D eigenvalue weighted by Gasteiger charge is -2.38. The van der Waals surface area contributed by atoms with E-state index in [9.17, 15) is 9.18 Å². The van der Waals surface area contributed by atoms with Crippen molar-refractivity contribution >= 4 is 5.91 Å². The Balaban J connectivity index is 1.64. The highest BCUT2D eigenvalue weighted by atomic mass is 19.1. The minimum absolute atomic E-state index is 0.0403. The Morgan fingerprint density at radius 1 is 1.36 bits per heavy atom. The fraction of sp³-hybridized carbons (Fsp3) is 0.938. The van der Waals surface area contributed by atoms with E-state index in [4.69, 9.17) is 10.5 Å². The van der Waals surface area contributed by atoms with Gasteiger partial charge < -0.3 is 21.1 Å². The number of ether oxygens (including phenoxy) is 1. The molecule has 8 nitrogen and oxygen atoms in total. The summed E-state index contributed by atoms with van der Waals surface area (Å²) in [5.74, 6) is -0.613. The SMILES string of the molecule is CC(C)(C)OC1CCNCC1NC(=O)C1C(N)NN2CC(F)CNC12. The highest BCUT2D eigenvalue weighted by Gasteiger charge is 2.47. The number of carbonyl (C=O) groups excluding carboxylic acids is 1. The number of nitrogens with one attached hydrogen (secondary N) is 4. The van der Waals surface area contributed by atoms with Crippen molar-refractivity contribution in [3.8, 4) is 0 Å². The number of alkyl halides is 1. The van der Waals surface area contributed by atoms with Crippen molar-refractivity contribution in [1.29, 1.82) is 0 Å². The lowest BCUT2D eigenvalue weighted by Crippen LogP contribution is -2.61. The second kappa shape index (κ2) is 7.42. The molecule has 3 aliphatic rings. The van der Waals surface area contributed by atoms with Gasteiger partial charge in [-0.05, 0) is 33.7 Å². The van der Waals surface area contributed by atoms with Crippen LogP contribution in [0.1, 0.15) is 27.2 Å². The van der Waals surface area contributed by atoms with E-state index in [2.05, 4.69) is 21.4 Å². The number of nitrogens with two attached hydrogens (primary N) is 1. The van der Waals surface area contributed by atoms with E-state index in [1.165, 1.54) is 0 Å². The predicted octanol–water partition coefficient (Wildman–Crippen LogP) is -1.36. The average molecular weight is 358 g/mol. The Labute approximate surface area is 148 Å². The highest BCUT2D eigenvalue weighted by Crippen LogP contribution is 2.23. The van der Waals surface area contributed by atoms with Gasteiger partial charge in [0, 0.05) is 19.6 Å². The number of hydrazine groups is 1. The standard InChI is InChI=1S/C16H31FN6O2/c1-16(2,3)25-11-4-5-19-7-10(11)21-15(24)12-13(18)22-23-8-9(17)6-20-14(12)23/h9-14,19-20,22H,4-8,18H2,1-3H3,(H,21,24). The summed E-state index contributed by atoms with van der Waals surface area (Å²) in [5.41, 5.74) is 8.84. The number of hydrogen-bond acceptors (Lipinski definition) is 7. The van der Waals surface area contributed by atoms with E-state index in [0.717, 1.165) is 13.0 Å². The molecule has 0 spiro atoms. The number of hydrogen-bond donors (Lipinski definition) is 5. The molecule has 3 rings (SSSR count). The van der Waals surface area contributed by atoms with E-state index >= 15 is 0 Å². The van der Waals surface area contributed by atoms with Gasteiger partial charge in [-0.15, -0.1) is 0 Å². The smallest absolute Gasteiger partial charge is 0.229 e. The fourth-order valence-corrected chi connectivity index (χ4v) is 3.83. The zero-order chi connectivity index (χ0) is 18.2. The van der Waals surface area contributed by atoms with Gasteiger partial charge in [-0.25, -0.2) is 14.8 Å². The molecule has 6 atom stereocenters. The number of nitrogens with zero attached hydrogens (tertiary/aromatic N) is 1. The van der Waals surface area contributed by atoms with Gasteiger partial charge in [0.2, 0.25) is 5.91 Å². The fourth-order valence-electron chi connectivity index (χ4n) is 3.83. The van der Waals surface area contributed by atoms with E-state index in [1.54, 1.807) is 5.01 Å². The zero-order valence-corrected chi connectivity index (χ0v) is 15.2. The van der Waals surface area contributed by atoms with Crippen molar-refractivity contribution in [3.63, 3.8) is 0 Å². The van der Waals surface area contributed by atoms with Gasteiger partial charge in [0.15, 0.2) is 0 Å². The Kier molecular flexibility index (Phi) is 5.62. The van der Waals surface area contributed by atoms with Crippen LogP contribution >= 0.6 is 0 Å². The van der Waals surface area contributed by atoms with Crippen LogP contribution in [0.3, 0.4) is 0 Å². The first-order chi connectivity index (χ1) is 11.7. The van der Waals surface area contributed by atoms with Crippen LogP contribution in [0.2, 0.25) is 0 Å². The Morgan fingerprint density at radius 2 is 2.12 bits per heavy atom. The molecule has 3 fully saturated rings. The summed E-state index contributed by atoms with van der Waals surface area (Å²) in [6.07, 6.45) is -0.998. The summed E-state index contributed by atoms with van der Waals surface area (Å²) in [4.78, 5) is 12.9. The number of halogens is 1. The molecule has 3 heterocycles. The Morgan fingerprint density at radius 3 is 2.84 bits per heavy atom. The Bertz CT molecular complexity index is 488. The molecule has 1 amide bonds. The second-order valence-corrected chi connectivity index (χ2v) is 8.16. The van der Waals surface area contributed by atoms with E-state index in [1.807, 2.05) is 20.8 Å². The molecule has 3 saturated heterocycles. The van der Waals surface area contributed by atoms with Gasteiger partial charge >= 0.3 is 0 Å². The van der Waals surface area contributed by atoms with Crippen molar-refractivity contribution < 1.29 is 13.9 Å². The molecule has 25 heavy (non-hydrogen) atoms. The molecule has 0 bridgehead atoms. The maximum absolute atomic E-state index is 13.5. The summed E-state index contributed by atoms with van der Waals surface area (Å²) in [5, 5.41) is 11.2. The van der Waals surface area contributed by atoms with Crippen LogP contribution in [0, 0.1) is 5.92 Å². The van der Waals surface area contributed by atoms with Crippen molar-refractivity contribution in [2.75, 3.05) is 26.2 Å². The van der Waals surface area contributed by atoms with E-state index < -0.39 is 18.3 Å². The van der Waals surface area contributed by atoms with Gasteiger partial charge in [-0.3, -0.25) is 10.1 Å². The molecule has 0 aromatic rings. The maximum atomic E-state index is 13.5. The first-order valence-corrected chi connectivity index (χ1v) is 9.09. The normalized spacial score (nSPS) is 39.9. The van der Waals surface area contributed by atoms with Crippen LogP contribution in [-0.4, -0.2) is 73.3 Å². The van der Waals surface area contributed by atoms with Gasteiger partial charge in [-0.1, -0.05) is 0 Å². The molecule has 0 aliphatic carbocycles. The quantitative estimate of drug-likeness (QED) is 0.424. The summed E-state index contributed by atoms with van der Waals surface area (Å²) in [6, 6.07) is -0.112. The van der Waals surface area contributed by atoms with Gasteiger partial charge in [0.25, 0.3) is 0 Å². The molecule has 0 saturated carbocycles. The zero-order valence-electron chi connectivity index (χ0n) is 15.2. The third-order valence-corrected chi connectivity index (χ3v) is 4.88. The number of amides is 1. The van der Waals surface area contributed by atoms with E-state index in [0.29, 0.717) is 6.54 Å². The van der Waals surface area contributed by atoms with Crippen LogP contribution in [0.5, 0.6) is 0 Å². The molecule has 6 unspecified atom stereocenters. The van der Waals surface area contributed by atoms with Crippen LogP contribution in [0.25, 0.3) is 0 Å². The monoisotopic (exact) mass is 358 g/mol. The third-order valence-electron chi connectivity index (χ3n) is 4.88. The van der Waals surface area contributed by atoms with Crippen molar-refractivity contribution in [2.45, 2.75) is 63.4 Å². The number of fused-ring (bicyclic) bond motifs is 1. The minimum atomic E-state index is -0.968. The van der Waals surface area contributed by atoms with Crippen molar-refractivity contribution in [2.24, 2.45) is 11.7 Å². The molecule has 0 aromatic carbocycles. The first-order valence-electron chi connectivity index (χ1n) is 9.09. The molecule has 144 valence electrons.